The first-order chi connectivity index (χ1) is 7.94. The Hall–Kier alpha value is -1.30. The van der Waals surface area contributed by atoms with E-state index in [-0.39, 0.29) is 18.7 Å². The average molecular weight is 244 g/mol. The molecule has 1 N–H and O–H groups in total. The van der Waals surface area contributed by atoms with Gasteiger partial charge >= 0.3 is 6.09 Å². The van der Waals surface area contributed by atoms with Gasteiger partial charge in [-0.25, -0.2) is 10.3 Å². The first-order valence-corrected chi connectivity index (χ1v) is 5.74. The van der Waals surface area contributed by atoms with E-state index in [0.29, 0.717) is 13.0 Å². The van der Waals surface area contributed by atoms with Crippen molar-refractivity contribution in [3.63, 3.8) is 0 Å². The first kappa shape index (κ1) is 13.8. The number of hydroxylamine groups is 1. The van der Waals surface area contributed by atoms with Gasteiger partial charge in [0.15, 0.2) is 0 Å². The van der Waals surface area contributed by atoms with Crippen LogP contribution in [0.2, 0.25) is 0 Å². The molecule has 1 fully saturated rings. The van der Waals surface area contributed by atoms with Crippen molar-refractivity contribution in [2.75, 3.05) is 13.2 Å². The van der Waals surface area contributed by atoms with Gasteiger partial charge in [-0.05, 0) is 33.6 Å². The van der Waals surface area contributed by atoms with Gasteiger partial charge in [0.25, 0.3) is 0 Å². The van der Waals surface area contributed by atoms with Crippen molar-refractivity contribution in [3.8, 4) is 0 Å². The molecular formula is C11H20N2O4. The molecule has 6 nitrogen and oxygen atoms in total. The summed E-state index contributed by atoms with van der Waals surface area (Å²) in [6.07, 6.45) is 1.93. The summed E-state index contributed by atoms with van der Waals surface area (Å²) in [4.78, 5) is 28.5. The van der Waals surface area contributed by atoms with Gasteiger partial charge < -0.3 is 9.64 Å². The lowest BCUT2D eigenvalue weighted by molar-refractivity contribution is -0.121. The van der Waals surface area contributed by atoms with E-state index in [1.165, 1.54) is 0 Å². The van der Waals surface area contributed by atoms with Crippen LogP contribution in [0.3, 0.4) is 0 Å². The highest BCUT2D eigenvalue weighted by molar-refractivity contribution is 5.68. The lowest BCUT2D eigenvalue weighted by Gasteiger charge is -2.28. The predicted octanol–water partition coefficient (Wildman–Crippen LogP) is 1.06. The third-order valence-corrected chi connectivity index (χ3v) is 2.41. The van der Waals surface area contributed by atoms with E-state index in [1.54, 1.807) is 4.90 Å². The van der Waals surface area contributed by atoms with Gasteiger partial charge in [0.1, 0.15) is 5.60 Å². The molecule has 1 saturated heterocycles. The topological polar surface area (TPSA) is 67.9 Å². The predicted molar refractivity (Wildman–Crippen MR) is 61.1 cm³/mol. The largest absolute Gasteiger partial charge is 0.444 e. The van der Waals surface area contributed by atoms with E-state index in [9.17, 15) is 9.59 Å². The normalized spacial score (nSPS) is 20.2. The molecule has 0 aromatic heterocycles. The second-order valence-electron chi connectivity index (χ2n) is 5.02. The van der Waals surface area contributed by atoms with Crippen molar-refractivity contribution in [3.05, 3.63) is 0 Å². The van der Waals surface area contributed by atoms with Crippen molar-refractivity contribution in [2.24, 2.45) is 0 Å². The molecule has 1 rings (SSSR count). The molecule has 6 heteroatoms. The zero-order valence-corrected chi connectivity index (χ0v) is 10.6. The molecule has 1 aliphatic rings. The summed E-state index contributed by atoms with van der Waals surface area (Å²) >= 11 is 0. The molecule has 0 spiro atoms. The monoisotopic (exact) mass is 244 g/mol. The number of amides is 2. The standard InChI is InChI=1S/C11H20N2O4/c1-11(2,3)17-10(15)13-6-4-5-9(13)7-16-12-8-14/h8-9H,4-7H2,1-3H3,(H,12,14)/t9-/m0/s1. The molecule has 0 unspecified atom stereocenters. The van der Waals surface area contributed by atoms with Gasteiger partial charge in [0.05, 0.1) is 12.6 Å². The Morgan fingerprint density at radius 3 is 2.82 bits per heavy atom. The van der Waals surface area contributed by atoms with E-state index >= 15 is 0 Å². The smallest absolute Gasteiger partial charge is 0.410 e. The SMILES string of the molecule is CC(C)(C)OC(=O)N1CCC[C@H]1CONC=O. The number of carbonyl (C=O) groups excluding carboxylic acids is 2. The van der Waals surface area contributed by atoms with E-state index in [1.807, 2.05) is 20.8 Å². The fraction of sp³-hybridized carbons (Fsp3) is 0.818. The molecule has 1 atom stereocenters. The molecule has 0 aliphatic carbocycles. The molecule has 0 saturated carbocycles. The maximum atomic E-state index is 11.9. The minimum absolute atomic E-state index is 0.0303. The van der Waals surface area contributed by atoms with Gasteiger partial charge in [-0.2, -0.15) is 0 Å². The minimum Gasteiger partial charge on any atom is -0.444 e. The van der Waals surface area contributed by atoms with Crippen LogP contribution in [0.25, 0.3) is 0 Å². The van der Waals surface area contributed by atoms with E-state index in [2.05, 4.69) is 5.48 Å². The molecular weight excluding hydrogens is 224 g/mol. The van der Waals surface area contributed by atoms with Crippen molar-refractivity contribution in [1.29, 1.82) is 0 Å². The summed E-state index contributed by atoms with van der Waals surface area (Å²) in [5.41, 5.74) is 1.63. The molecule has 2 amide bonds. The zero-order valence-electron chi connectivity index (χ0n) is 10.6. The van der Waals surface area contributed by atoms with Gasteiger partial charge in [-0.15, -0.1) is 0 Å². The highest BCUT2D eigenvalue weighted by atomic mass is 16.6. The second kappa shape index (κ2) is 5.86. The summed E-state index contributed by atoms with van der Waals surface area (Å²) in [5.74, 6) is 0. The van der Waals surface area contributed by atoms with Gasteiger partial charge in [-0.1, -0.05) is 0 Å². The fourth-order valence-corrected chi connectivity index (χ4v) is 1.75. The molecule has 1 heterocycles. The highest BCUT2D eigenvalue weighted by Crippen LogP contribution is 2.20. The number of nitrogens with one attached hydrogen (secondary N) is 1. The number of rotatable bonds is 4. The van der Waals surface area contributed by atoms with Crippen LogP contribution >= 0.6 is 0 Å². The molecule has 17 heavy (non-hydrogen) atoms. The third kappa shape index (κ3) is 4.60. The number of hydrogen-bond acceptors (Lipinski definition) is 4. The van der Waals surface area contributed by atoms with Crippen molar-refractivity contribution < 1.29 is 19.2 Å². The van der Waals surface area contributed by atoms with Crippen LogP contribution in [-0.2, 0) is 14.4 Å². The van der Waals surface area contributed by atoms with Crippen LogP contribution in [0.1, 0.15) is 33.6 Å². The Labute approximate surface area is 101 Å². The number of hydrogen-bond donors (Lipinski definition) is 1. The Kier molecular flexibility index (Phi) is 4.74. The number of carbonyl (C=O) groups is 2. The summed E-state index contributed by atoms with van der Waals surface area (Å²) in [7, 11) is 0. The Morgan fingerprint density at radius 2 is 2.24 bits per heavy atom. The summed E-state index contributed by atoms with van der Waals surface area (Å²) in [6, 6.07) is -0.0303. The van der Waals surface area contributed by atoms with Crippen molar-refractivity contribution in [1.82, 2.24) is 10.4 Å². The number of ether oxygens (including phenoxy) is 1. The summed E-state index contributed by atoms with van der Waals surface area (Å²) in [6.45, 7) is 6.46. The Morgan fingerprint density at radius 1 is 1.53 bits per heavy atom. The van der Waals surface area contributed by atoms with Crippen LogP contribution in [0.5, 0.6) is 0 Å². The van der Waals surface area contributed by atoms with Crippen LogP contribution in [0.4, 0.5) is 4.79 Å². The number of nitrogens with zero attached hydrogens (tertiary/aromatic N) is 1. The van der Waals surface area contributed by atoms with Crippen LogP contribution in [0.15, 0.2) is 0 Å². The second-order valence-corrected chi connectivity index (χ2v) is 5.02. The highest BCUT2D eigenvalue weighted by Gasteiger charge is 2.32. The lowest BCUT2D eigenvalue weighted by atomic mass is 10.2. The maximum Gasteiger partial charge on any atom is 0.410 e. The van der Waals surface area contributed by atoms with Crippen molar-refractivity contribution >= 4 is 12.5 Å². The Bertz CT molecular complexity index is 275. The lowest BCUT2D eigenvalue weighted by Crippen LogP contribution is -2.42. The van der Waals surface area contributed by atoms with Gasteiger partial charge in [0, 0.05) is 6.54 Å². The zero-order chi connectivity index (χ0) is 12.9. The van der Waals surface area contributed by atoms with Crippen LogP contribution < -0.4 is 5.48 Å². The summed E-state index contributed by atoms with van der Waals surface area (Å²) in [5, 5.41) is 0. The van der Waals surface area contributed by atoms with Gasteiger partial charge in [0.2, 0.25) is 6.41 Å². The molecule has 0 radical (unpaired) electrons. The fourth-order valence-electron chi connectivity index (χ4n) is 1.75. The third-order valence-electron chi connectivity index (χ3n) is 2.41. The number of likely N-dealkylation sites (tertiary alicyclic amines) is 1. The van der Waals surface area contributed by atoms with Crippen LogP contribution in [0, 0.1) is 0 Å². The molecule has 98 valence electrons. The molecule has 0 aromatic carbocycles. The molecule has 0 bridgehead atoms. The molecule has 1 aliphatic heterocycles. The Balaban J connectivity index is 2.45. The van der Waals surface area contributed by atoms with E-state index in [4.69, 9.17) is 9.57 Å². The average Bonchev–Trinajstić information content (AvgIpc) is 2.64. The summed E-state index contributed by atoms with van der Waals surface area (Å²) < 4.78 is 5.30. The quantitative estimate of drug-likeness (QED) is 0.456. The maximum absolute atomic E-state index is 11.9. The first-order valence-electron chi connectivity index (χ1n) is 5.74. The molecule has 0 aromatic rings. The van der Waals surface area contributed by atoms with Crippen LogP contribution in [-0.4, -0.2) is 42.2 Å². The van der Waals surface area contributed by atoms with Crippen molar-refractivity contribution in [2.45, 2.75) is 45.3 Å². The minimum atomic E-state index is -0.494. The van der Waals surface area contributed by atoms with Gasteiger partial charge in [-0.3, -0.25) is 9.63 Å². The van der Waals surface area contributed by atoms with E-state index < -0.39 is 5.60 Å². The van der Waals surface area contributed by atoms with E-state index in [0.717, 1.165) is 12.8 Å².